The predicted octanol–water partition coefficient (Wildman–Crippen LogP) is 4.86. The summed E-state index contributed by atoms with van der Waals surface area (Å²) in [4.78, 5) is 28.5. The minimum absolute atomic E-state index is 0.185. The van der Waals surface area contributed by atoms with Crippen LogP contribution in [0.25, 0.3) is 28.1 Å². The van der Waals surface area contributed by atoms with Crippen molar-refractivity contribution in [3.8, 4) is 11.1 Å². The fraction of sp³-hybridized carbons (Fsp3) is 0.321. The van der Waals surface area contributed by atoms with Crippen LogP contribution in [0.5, 0.6) is 0 Å². The maximum Gasteiger partial charge on any atom is 0.286 e. The Morgan fingerprint density at radius 3 is 2.53 bits per heavy atom. The molecular weight excluding hydrogens is 473 g/mol. The molecule has 0 radical (unpaired) electrons. The van der Waals surface area contributed by atoms with Crippen molar-refractivity contribution in [2.24, 2.45) is 4.99 Å². The molecule has 2 aromatic carbocycles. The third-order valence-corrected chi connectivity index (χ3v) is 8.20. The number of aliphatic imine (C=N–C) groups is 1. The lowest BCUT2D eigenvalue weighted by molar-refractivity contribution is -0.113. The highest BCUT2D eigenvalue weighted by atomic mass is 32.2. The van der Waals surface area contributed by atoms with Crippen LogP contribution in [0.3, 0.4) is 0 Å². The first-order chi connectivity index (χ1) is 17.5. The lowest BCUT2D eigenvalue weighted by atomic mass is 9.99. The highest BCUT2D eigenvalue weighted by molar-refractivity contribution is 8.18. The van der Waals surface area contributed by atoms with E-state index in [2.05, 4.69) is 31.7 Å². The molecule has 3 aromatic rings. The zero-order chi connectivity index (χ0) is 24.6. The Morgan fingerprint density at radius 2 is 1.75 bits per heavy atom. The Kier molecular flexibility index (Phi) is 6.23. The summed E-state index contributed by atoms with van der Waals surface area (Å²) in [6.45, 7) is 5.43. The number of fused-ring (bicyclic) bond motifs is 1. The van der Waals surface area contributed by atoms with Crippen molar-refractivity contribution in [1.82, 2.24) is 14.8 Å². The van der Waals surface area contributed by atoms with E-state index in [0.717, 1.165) is 84.9 Å². The largest absolute Gasteiger partial charge is 0.367 e. The Balaban J connectivity index is 1.30. The maximum atomic E-state index is 15.2. The number of aromatic nitrogens is 1. The monoisotopic (exact) mass is 501 g/mol. The molecule has 4 heterocycles. The predicted molar refractivity (Wildman–Crippen MR) is 146 cm³/mol. The molecular formula is C28H28FN5OS. The maximum absolute atomic E-state index is 15.2. The molecule has 2 fully saturated rings. The van der Waals surface area contributed by atoms with Crippen molar-refractivity contribution < 1.29 is 9.18 Å². The number of carbonyl (C=O) groups is 1. The molecule has 0 aliphatic carbocycles. The second-order valence-electron chi connectivity index (χ2n) is 9.60. The van der Waals surface area contributed by atoms with E-state index in [1.54, 1.807) is 12.3 Å². The van der Waals surface area contributed by atoms with Gasteiger partial charge in [-0.2, -0.15) is 4.99 Å². The number of anilines is 1. The number of carbonyl (C=O) groups excluding carboxylic acids is 1. The van der Waals surface area contributed by atoms with Crippen LogP contribution >= 0.6 is 11.8 Å². The number of likely N-dealkylation sites (N-methyl/N-ethyl adjacent to an activating group) is 1. The third kappa shape index (κ3) is 4.51. The lowest BCUT2D eigenvalue weighted by Gasteiger charge is -2.34. The van der Waals surface area contributed by atoms with Gasteiger partial charge in [0.25, 0.3) is 5.91 Å². The average molecular weight is 502 g/mol. The Hall–Kier alpha value is -3.23. The van der Waals surface area contributed by atoms with Crippen LogP contribution in [0.15, 0.2) is 58.6 Å². The van der Waals surface area contributed by atoms with E-state index < -0.39 is 0 Å². The minimum atomic E-state index is -0.208. The van der Waals surface area contributed by atoms with E-state index in [-0.39, 0.29) is 11.7 Å². The van der Waals surface area contributed by atoms with Gasteiger partial charge in [0, 0.05) is 50.9 Å². The van der Waals surface area contributed by atoms with Gasteiger partial charge in [-0.15, -0.1) is 0 Å². The molecule has 2 saturated heterocycles. The summed E-state index contributed by atoms with van der Waals surface area (Å²) in [5.74, 6) is -0.394. The summed E-state index contributed by atoms with van der Waals surface area (Å²) in [7, 11) is 2.09. The number of amides is 1. The smallest absolute Gasteiger partial charge is 0.286 e. The number of nitrogens with zero attached hydrogens (tertiary/aromatic N) is 5. The fourth-order valence-corrected chi connectivity index (χ4v) is 6.04. The van der Waals surface area contributed by atoms with Crippen LogP contribution in [-0.4, -0.2) is 72.2 Å². The van der Waals surface area contributed by atoms with Crippen LogP contribution in [0.2, 0.25) is 0 Å². The molecule has 36 heavy (non-hydrogen) atoms. The molecule has 8 heteroatoms. The highest BCUT2D eigenvalue weighted by Crippen LogP contribution is 2.34. The molecule has 0 N–H and O–H groups in total. The summed E-state index contributed by atoms with van der Waals surface area (Å²) in [5, 5.41) is 1.73. The van der Waals surface area contributed by atoms with E-state index in [4.69, 9.17) is 0 Å². The normalized spacial score (nSPS) is 20.1. The lowest BCUT2D eigenvalue weighted by Crippen LogP contribution is -2.44. The van der Waals surface area contributed by atoms with E-state index in [9.17, 15) is 4.79 Å². The summed E-state index contributed by atoms with van der Waals surface area (Å²) in [5.41, 5.74) is 4.12. The molecule has 0 unspecified atom stereocenters. The topological polar surface area (TPSA) is 52.0 Å². The third-order valence-electron chi connectivity index (χ3n) is 7.15. The van der Waals surface area contributed by atoms with Crippen LogP contribution in [0.1, 0.15) is 18.4 Å². The van der Waals surface area contributed by atoms with Gasteiger partial charge in [-0.25, -0.2) is 4.39 Å². The van der Waals surface area contributed by atoms with Crippen molar-refractivity contribution in [1.29, 1.82) is 0 Å². The van der Waals surface area contributed by atoms with Gasteiger partial charge in [0.1, 0.15) is 5.82 Å². The van der Waals surface area contributed by atoms with E-state index in [1.807, 2.05) is 42.5 Å². The van der Waals surface area contributed by atoms with Gasteiger partial charge < -0.3 is 14.7 Å². The number of rotatable bonds is 3. The molecule has 6 nitrogen and oxygen atoms in total. The van der Waals surface area contributed by atoms with Gasteiger partial charge in [-0.1, -0.05) is 12.1 Å². The number of halogens is 1. The molecule has 1 amide bonds. The van der Waals surface area contributed by atoms with Crippen molar-refractivity contribution in [3.63, 3.8) is 0 Å². The standard InChI is InChI=1S/C28H28FN5OS/c1-32-12-14-33(15-13-32)25-7-5-20(18-23(25)29)21-8-9-30-24-6-4-19(16-22(21)24)17-26-27(35)31-28(36-26)34-10-2-3-11-34/h4-9,16-18H,2-3,10-15H2,1H3/b26-17-. The van der Waals surface area contributed by atoms with E-state index in [0.29, 0.717) is 10.6 Å². The number of benzene rings is 2. The number of hydrogen-bond acceptors (Lipinski definition) is 6. The number of hydrogen-bond donors (Lipinski definition) is 0. The van der Waals surface area contributed by atoms with Crippen LogP contribution < -0.4 is 4.90 Å². The van der Waals surface area contributed by atoms with Gasteiger partial charge in [-0.05, 0) is 84.7 Å². The second kappa shape index (κ2) is 9.67. The molecule has 3 aliphatic rings. The molecule has 0 saturated carbocycles. The SMILES string of the molecule is CN1CCN(c2ccc(-c3ccnc4ccc(/C=C5\SC(N6CCCC6)=NC5=O)cc34)cc2F)CC1. The number of pyridine rings is 1. The minimum Gasteiger partial charge on any atom is -0.367 e. The van der Waals surface area contributed by atoms with E-state index in [1.165, 1.54) is 11.8 Å². The first-order valence-corrected chi connectivity index (χ1v) is 13.3. The van der Waals surface area contributed by atoms with Crippen LogP contribution in [-0.2, 0) is 4.79 Å². The molecule has 3 aliphatic heterocycles. The fourth-order valence-electron chi connectivity index (χ4n) is 5.08. The van der Waals surface area contributed by atoms with Crippen molar-refractivity contribution in [3.05, 3.63) is 64.9 Å². The molecule has 6 rings (SSSR count). The van der Waals surface area contributed by atoms with Gasteiger partial charge in [-0.3, -0.25) is 9.78 Å². The average Bonchev–Trinajstić information content (AvgIpc) is 3.55. The number of thioether (sulfide) groups is 1. The molecule has 1 aromatic heterocycles. The van der Waals surface area contributed by atoms with Gasteiger partial charge in [0.05, 0.1) is 16.1 Å². The molecule has 184 valence electrons. The van der Waals surface area contributed by atoms with Gasteiger partial charge in [0.15, 0.2) is 5.17 Å². The van der Waals surface area contributed by atoms with Gasteiger partial charge in [0.2, 0.25) is 0 Å². The van der Waals surface area contributed by atoms with Gasteiger partial charge >= 0.3 is 0 Å². The number of amidine groups is 1. The molecule has 0 bridgehead atoms. The summed E-state index contributed by atoms with van der Waals surface area (Å²) >= 11 is 1.45. The molecule has 0 atom stereocenters. The number of likely N-dealkylation sites (tertiary alicyclic amines) is 1. The summed E-state index contributed by atoms with van der Waals surface area (Å²) in [6, 6.07) is 13.4. The summed E-state index contributed by atoms with van der Waals surface area (Å²) in [6.07, 6.45) is 5.94. The van der Waals surface area contributed by atoms with Crippen molar-refractivity contribution in [2.45, 2.75) is 12.8 Å². The van der Waals surface area contributed by atoms with Crippen LogP contribution in [0.4, 0.5) is 10.1 Å². The zero-order valence-corrected chi connectivity index (χ0v) is 21.1. The first-order valence-electron chi connectivity index (χ1n) is 12.4. The Morgan fingerprint density at radius 1 is 0.944 bits per heavy atom. The quantitative estimate of drug-likeness (QED) is 0.478. The Bertz CT molecular complexity index is 1390. The highest BCUT2D eigenvalue weighted by Gasteiger charge is 2.27. The van der Waals surface area contributed by atoms with Crippen molar-refractivity contribution in [2.75, 3.05) is 51.2 Å². The van der Waals surface area contributed by atoms with E-state index >= 15 is 4.39 Å². The second-order valence-corrected chi connectivity index (χ2v) is 10.6. The zero-order valence-electron chi connectivity index (χ0n) is 20.3. The molecule has 0 spiro atoms. The first kappa shape index (κ1) is 23.2. The summed E-state index contributed by atoms with van der Waals surface area (Å²) < 4.78 is 15.2. The van der Waals surface area contributed by atoms with Crippen LogP contribution in [0, 0.1) is 5.82 Å². The van der Waals surface area contributed by atoms with Crippen molar-refractivity contribution >= 4 is 45.5 Å². The Labute approximate surface area is 214 Å². The number of piperazine rings is 1.